The van der Waals surface area contributed by atoms with Crippen molar-refractivity contribution in [2.75, 3.05) is 0 Å². The summed E-state index contributed by atoms with van der Waals surface area (Å²) in [5.74, 6) is 0.620. The van der Waals surface area contributed by atoms with Crippen molar-refractivity contribution in [1.82, 2.24) is 0 Å². The van der Waals surface area contributed by atoms with E-state index in [0.717, 1.165) is 0 Å². The Morgan fingerprint density at radius 2 is 1.35 bits per heavy atom. The fourth-order valence-electron chi connectivity index (χ4n) is 2.75. The van der Waals surface area contributed by atoms with Gasteiger partial charge in [0.2, 0.25) is 0 Å². The van der Waals surface area contributed by atoms with Crippen LogP contribution in [0.15, 0.2) is 24.3 Å². The molecule has 17 heavy (non-hydrogen) atoms. The van der Waals surface area contributed by atoms with E-state index in [9.17, 15) is 0 Å². The number of hydrogen-bond acceptors (Lipinski definition) is 0. The second kappa shape index (κ2) is 4.84. The van der Waals surface area contributed by atoms with E-state index in [4.69, 9.17) is 0 Å². The van der Waals surface area contributed by atoms with Gasteiger partial charge in [-0.1, -0.05) is 72.7 Å². The van der Waals surface area contributed by atoms with Crippen molar-refractivity contribution in [1.29, 1.82) is 0 Å². The second-order valence-electron chi connectivity index (χ2n) is 7.40. The molecule has 0 saturated carbocycles. The zero-order valence-corrected chi connectivity index (χ0v) is 12.6. The lowest BCUT2D eigenvalue weighted by molar-refractivity contribution is 0.284. The first-order valence-electron chi connectivity index (χ1n) is 6.72. The van der Waals surface area contributed by atoms with Crippen molar-refractivity contribution in [2.24, 2.45) is 5.41 Å². The summed E-state index contributed by atoms with van der Waals surface area (Å²) in [6.45, 7) is 16.1. The van der Waals surface area contributed by atoms with Gasteiger partial charge in [-0.05, 0) is 34.3 Å². The van der Waals surface area contributed by atoms with Gasteiger partial charge in [0.25, 0.3) is 0 Å². The Morgan fingerprint density at radius 1 is 0.882 bits per heavy atom. The first-order valence-corrected chi connectivity index (χ1v) is 6.72. The van der Waals surface area contributed by atoms with Crippen molar-refractivity contribution in [3.8, 4) is 0 Å². The largest absolute Gasteiger partial charge is 0.0601 e. The molecule has 0 radical (unpaired) electrons. The average molecular weight is 232 g/mol. The lowest BCUT2D eigenvalue weighted by Gasteiger charge is -2.33. The van der Waals surface area contributed by atoms with E-state index in [0.29, 0.717) is 11.3 Å². The lowest BCUT2D eigenvalue weighted by atomic mass is 9.72. The molecule has 0 aliphatic rings. The summed E-state index contributed by atoms with van der Waals surface area (Å²) in [5.41, 5.74) is 3.52. The maximum absolute atomic E-state index is 2.35. The summed E-state index contributed by atoms with van der Waals surface area (Å²) < 4.78 is 0. The molecule has 0 nitrogen and oxygen atoms in total. The van der Waals surface area contributed by atoms with Crippen molar-refractivity contribution in [3.05, 3.63) is 35.4 Å². The van der Waals surface area contributed by atoms with Crippen LogP contribution in [-0.4, -0.2) is 0 Å². The van der Waals surface area contributed by atoms with Gasteiger partial charge in [0, 0.05) is 0 Å². The fourth-order valence-corrected chi connectivity index (χ4v) is 2.75. The first kappa shape index (κ1) is 14.3. The Kier molecular flexibility index (Phi) is 4.06. The lowest BCUT2D eigenvalue weighted by Crippen LogP contribution is -2.24. The van der Waals surface area contributed by atoms with Gasteiger partial charge < -0.3 is 0 Å². The summed E-state index contributed by atoms with van der Waals surface area (Å²) in [4.78, 5) is 0. The Balaban J connectivity index is 2.92. The molecular formula is C17H28. The van der Waals surface area contributed by atoms with Crippen LogP contribution >= 0.6 is 0 Å². The fraction of sp³-hybridized carbons (Fsp3) is 0.647. The maximum atomic E-state index is 2.35. The van der Waals surface area contributed by atoms with Crippen LogP contribution in [-0.2, 0) is 5.41 Å². The van der Waals surface area contributed by atoms with Crippen LogP contribution in [0.4, 0.5) is 0 Å². The van der Waals surface area contributed by atoms with Crippen LogP contribution in [0.3, 0.4) is 0 Å². The monoisotopic (exact) mass is 232 g/mol. The van der Waals surface area contributed by atoms with Gasteiger partial charge in [0.15, 0.2) is 0 Å². The molecule has 0 atom stereocenters. The summed E-state index contributed by atoms with van der Waals surface area (Å²) in [5, 5.41) is 0. The van der Waals surface area contributed by atoms with Crippen molar-refractivity contribution >= 4 is 0 Å². The summed E-state index contributed by atoms with van der Waals surface area (Å²) in [6.07, 6.45) is 1.21. The molecule has 0 bridgehead atoms. The van der Waals surface area contributed by atoms with Crippen LogP contribution in [0, 0.1) is 5.41 Å². The van der Waals surface area contributed by atoms with Crippen LogP contribution in [0.2, 0.25) is 0 Å². The molecule has 0 heterocycles. The molecule has 1 rings (SSSR count). The molecular weight excluding hydrogens is 204 g/mol. The molecule has 0 aliphatic carbocycles. The van der Waals surface area contributed by atoms with Crippen LogP contribution in [0.25, 0.3) is 0 Å². The zero-order valence-electron chi connectivity index (χ0n) is 12.6. The molecule has 0 heteroatoms. The summed E-state index contributed by atoms with van der Waals surface area (Å²) >= 11 is 0. The first-order chi connectivity index (χ1) is 7.62. The SMILES string of the molecule is CC(C)c1ccc(C(C)(C)CC(C)(C)C)cc1. The average Bonchev–Trinajstić information content (AvgIpc) is 2.14. The maximum Gasteiger partial charge on any atom is -0.00986 e. The zero-order chi connectivity index (χ0) is 13.3. The normalized spacial score (nSPS) is 13.2. The Bertz CT molecular complexity index is 347. The number of rotatable bonds is 3. The topological polar surface area (TPSA) is 0 Å². The van der Waals surface area contributed by atoms with Crippen LogP contribution < -0.4 is 0 Å². The minimum Gasteiger partial charge on any atom is -0.0601 e. The molecule has 0 amide bonds. The minimum absolute atomic E-state index is 0.258. The van der Waals surface area contributed by atoms with E-state index in [-0.39, 0.29) is 5.41 Å². The number of hydrogen-bond donors (Lipinski definition) is 0. The van der Waals surface area contributed by atoms with Gasteiger partial charge in [-0.3, -0.25) is 0 Å². The third-order valence-electron chi connectivity index (χ3n) is 3.33. The van der Waals surface area contributed by atoms with E-state index in [2.05, 4.69) is 72.7 Å². The Labute approximate surface area is 107 Å². The van der Waals surface area contributed by atoms with Crippen molar-refractivity contribution in [3.63, 3.8) is 0 Å². The summed E-state index contributed by atoms with van der Waals surface area (Å²) in [7, 11) is 0. The Hall–Kier alpha value is -0.780. The van der Waals surface area contributed by atoms with E-state index in [1.54, 1.807) is 0 Å². The van der Waals surface area contributed by atoms with E-state index in [1.165, 1.54) is 17.5 Å². The highest BCUT2D eigenvalue weighted by atomic mass is 14.3. The van der Waals surface area contributed by atoms with Crippen molar-refractivity contribution < 1.29 is 0 Å². The van der Waals surface area contributed by atoms with E-state index < -0.39 is 0 Å². The van der Waals surface area contributed by atoms with Crippen molar-refractivity contribution in [2.45, 2.75) is 66.2 Å². The third kappa shape index (κ3) is 4.18. The molecule has 0 aliphatic heterocycles. The predicted octanol–water partition coefficient (Wildman–Crippen LogP) is 5.52. The highest BCUT2D eigenvalue weighted by Gasteiger charge is 2.27. The Morgan fingerprint density at radius 3 is 1.71 bits per heavy atom. The molecule has 0 saturated heterocycles. The molecule has 0 spiro atoms. The van der Waals surface area contributed by atoms with Crippen LogP contribution in [0.1, 0.15) is 71.9 Å². The van der Waals surface area contributed by atoms with Gasteiger partial charge in [0.1, 0.15) is 0 Å². The quantitative estimate of drug-likeness (QED) is 0.643. The van der Waals surface area contributed by atoms with Gasteiger partial charge in [-0.2, -0.15) is 0 Å². The predicted molar refractivity (Wildman–Crippen MR) is 77.6 cm³/mol. The highest BCUT2D eigenvalue weighted by molar-refractivity contribution is 5.29. The van der Waals surface area contributed by atoms with E-state index in [1.807, 2.05) is 0 Å². The molecule has 0 N–H and O–H groups in total. The smallest absolute Gasteiger partial charge is 0.00986 e. The highest BCUT2D eigenvalue weighted by Crippen LogP contribution is 2.36. The molecule has 0 fully saturated rings. The van der Waals surface area contributed by atoms with Gasteiger partial charge in [-0.25, -0.2) is 0 Å². The minimum atomic E-state index is 0.258. The van der Waals surface area contributed by atoms with Gasteiger partial charge >= 0.3 is 0 Å². The second-order valence-corrected chi connectivity index (χ2v) is 7.40. The summed E-state index contributed by atoms with van der Waals surface area (Å²) in [6, 6.07) is 9.18. The molecule has 0 unspecified atom stereocenters. The molecule has 96 valence electrons. The van der Waals surface area contributed by atoms with Gasteiger partial charge in [0.05, 0.1) is 0 Å². The molecule has 1 aromatic rings. The van der Waals surface area contributed by atoms with Gasteiger partial charge in [-0.15, -0.1) is 0 Å². The van der Waals surface area contributed by atoms with Crippen LogP contribution in [0.5, 0.6) is 0 Å². The molecule has 0 aromatic heterocycles. The third-order valence-corrected chi connectivity index (χ3v) is 3.33. The number of benzene rings is 1. The van der Waals surface area contributed by atoms with E-state index >= 15 is 0 Å². The molecule has 1 aromatic carbocycles. The standard InChI is InChI=1S/C17H28/c1-13(2)14-8-10-15(11-9-14)17(6,7)12-16(3,4)5/h8-11,13H,12H2,1-7H3.